The molecule has 3 aliphatic rings. The smallest absolute Gasteiger partial charge is 0.243 e. The first-order chi connectivity index (χ1) is 8.23. The van der Waals surface area contributed by atoms with E-state index in [1.54, 1.807) is 0 Å². The van der Waals surface area contributed by atoms with Crippen molar-refractivity contribution in [2.75, 3.05) is 13.1 Å². The molecule has 0 heterocycles. The molecule has 3 fully saturated rings. The van der Waals surface area contributed by atoms with E-state index in [1.165, 1.54) is 25.7 Å². The quantitative estimate of drug-likeness (QED) is 0.730. The van der Waals surface area contributed by atoms with Crippen molar-refractivity contribution in [3.8, 4) is 6.07 Å². The lowest BCUT2D eigenvalue weighted by atomic mass is 9.69. The van der Waals surface area contributed by atoms with E-state index >= 15 is 0 Å². The molecule has 0 aromatic rings. The molecule has 0 aromatic carbocycles. The monoisotopic (exact) mass is 232 g/mol. The summed E-state index contributed by atoms with van der Waals surface area (Å²) < 4.78 is 0. The van der Waals surface area contributed by atoms with Crippen LogP contribution in [0, 0.1) is 28.6 Å². The third-order valence-electron chi connectivity index (χ3n) is 4.47. The molecule has 92 valence electrons. The molecule has 0 aromatic heterocycles. The molecule has 3 heteroatoms. The number of nitriles is 1. The standard InChI is InChI=1S/C14H20N2O/c15-10-14(6-1-7-14)13(17)16(8-11-2-3-11)9-12-4-5-12/h11-12H,1-9H2. The third-order valence-corrected chi connectivity index (χ3v) is 4.47. The van der Waals surface area contributed by atoms with Crippen molar-refractivity contribution in [2.24, 2.45) is 17.3 Å². The highest BCUT2D eigenvalue weighted by Gasteiger charge is 2.48. The van der Waals surface area contributed by atoms with Crippen LogP contribution in [0.15, 0.2) is 0 Å². The largest absolute Gasteiger partial charge is 0.341 e. The third kappa shape index (κ3) is 2.18. The molecule has 0 spiro atoms. The van der Waals surface area contributed by atoms with Gasteiger partial charge >= 0.3 is 0 Å². The molecule has 0 aliphatic heterocycles. The number of carbonyl (C=O) groups excluding carboxylic acids is 1. The minimum atomic E-state index is -0.635. The normalized spacial score (nSPS) is 25.8. The van der Waals surface area contributed by atoms with Gasteiger partial charge in [0.15, 0.2) is 0 Å². The van der Waals surface area contributed by atoms with Gasteiger partial charge in [-0.2, -0.15) is 5.26 Å². The van der Waals surface area contributed by atoms with E-state index in [0.717, 1.165) is 44.2 Å². The van der Waals surface area contributed by atoms with Gasteiger partial charge in [-0.25, -0.2) is 0 Å². The van der Waals surface area contributed by atoms with Crippen LogP contribution in [-0.2, 0) is 4.79 Å². The summed E-state index contributed by atoms with van der Waals surface area (Å²) in [5, 5.41) is 9.26. The summed E-state index contributed by atoms with van der Waals surface area (Å²) in [7, 11) is 0. The lowest BCUT2D eigenvalue weighted by Crippen LogP contribution is -2.48. The first-order valence-corrected chi connectivity index (χ1v) is 6.94. The maximum Gasteiger partial charge on any atom is 0.243 e. The number of hydrogen-bond acceptors (Lipinski definition) is 2. The average molecular weight is 232 g/mol. The molecule has 3 rings (SSSR count). The summed E-state index contributed by atoms with van der Waals surface area (Å²) in [6.07, 6.45) is 7.70. The summed E-state index contributed by atoms with van der Waals surface area (Å²) in [6, 6.07) is 2.29. The van der Waals surface area contributed by atoms with Crippen LogP contribution >= 0.6 is 0 Å². The number of nitrogens with zero attached hydrogens (tertiary/aromatic N) is 2. The van der Waals surface area contributed by atoms with Gasteiger partial charge in [-0.05, 0) is 56.8 Å². The zero-order valence-electron chi connectivity index (χ0n) is 10.3. The molecule has 0 unspecified atom stereocenters. The van der Waals surface area contributed by atoms with Crippen molar-refractivity contribution in [3.63, 3.8) is 0 Å². The SMILES string of the molecule is N#CC1(C(=O)N(CC2CC2)CC2CC2)CCC1. The Kier molecular flexibility index (Phi) is 2.61. The van der Waals surface area contributed by atoms with Gasteiger partial charge in [-0.3, -0.25) is 4.79 Å². The Morgan fingerprint density at radius 2 is 1.71 bits per heavy atom. The second kappa shape index (κ2) is 4.01. The summed E-state index contributed by atoms with van der Waals surface area (Å²) in [5.41, 5.74) is -0.635. The molecule has 1 amide bonds. The molecule has 0 bridgehead atoms. The molecule has 0 atom stereocenters. The lowest BCUT2D eigenvalue weighted by molar-refractivity contribution is -0.143. The van der Waals surface area contributed by atoms with Crippen LogP contribution in [0.4, 0.5) is 0 Å². The highest BCUT2D eigenvalue weighted by atomic mass is 16.2. The number of amides is 1. The van der Waals surface area contributed by atoms with E-state index < -0.39 is 5.41 Å². The molecule has 0 radical (unpaired) electrons. The van der Waals surface area contributed by atoms with Gasteiger partial charge in [0, 0.05) is 13.1 Å². The van der Waals surface area contributed by atoms with Gasteiger partial charge in [-0.1, -0.05) is 0 Å². The van der Waals surface area contributed by atoms with E-state index in [9.17, 15) is 10.1 Å². The summed E-state index contributed by atoms with van der Waals surface area (Å²) in [4.78, 5) is 14.5. The first kappa shape index (κ1) is 11.1. The van der Waals surface area contributed by atoms with Crippen molar-refractivity contribution in [2.45, 2.75) is 44.9 Å². The first-order valence-electron chi connectivity index (χ1n) is 6.94. The number of carbonyl (C=O) groups is 1. The molecule has 17 heavy (non-hydrogen) atoms. The maximum absolute atomic E-state index is 12.5. The van der Waals surface area contributed by atoms with E-state index in [2.05, 4.69) is 6.07 Å². The molecule has 3 nitrogen and oxygen atoms in total. The van der Waals surface area contributed by atoms with Crippen LogP contribution in [0.5, 0.6) is 0 Å². The van der Waals surface area contributed by atoms with Crippen LogP contribution in [0.3, 0.4) is 0 Å². The zero-order valence-corrected chi connectivity index (χ0v) is 10.3. The molecule has 3 saturated carbocycles. The van der Waals surface area contributed by atoms with Gasteiger partial charge in [0.25, 0.3) is 0 Å². The maximum atomic E-state index is 12.5. The predicted octanol–water partition coefficient (Wildman–Crippen LogP) is 2.33. The molecular formula is C14H20N2O. The van der Waals surface area contributed by atoms with Crippen LogP contribution in [0.2, 0.25) is 0 Å². The second-order valence-electron chi connectivity index (χ2n) is 6.14. The Labute approximate surface area is 103 Å². The highest BCUT2D eigenvalue weighted by molar-refractivity contribution is 5.86. The predicted molar refractivity (Wildman–Crippen MR) is 63.9 cm³/mol. The van der Waals surface area contributed by atoms with Crippen LogP contribution in [-0.4, -0.2) is 23.9 Å². The van der Waals surface area contributed by atoms with Crippen molar-refractivity contribution >= 4 is 5.91 Å². The van der Waals surface area contributed by atoms with Crippen molar-refractivity contribution < 1.29 is 4.79 Å². The Balaban J connectivity index is 1.67. The van der Waals surface area contributed by atoms with E-state index in [1.807, 2.05) is 4.90 Å². The fourth-order valence-electron chi connectivity index (χ4n) is 2.67. The Bertz CT molecular complexity index is 345. The van der Waals surface area contributed by atoms with Crippen molar-refractivity contribution in [1.82, 2.24) is 4.90 Å². The van der Waals surface area contributed by atoms with E-state index in [-0.39, 0.29) is 5.91 Å². The van der Waals surface area contributed by atoms with Crippen LogP contribution in [0.25, 0.3) is 0 Å². The van der Waals surface area contributed by atoms with Gasteiger partial charge < -0.3 is 4.90 Å². The molecule has 0 saturated heterocycles. The number of hydrogen-bond donors (Lipinski definition) is 0. The zero-order chi connectivity index (χ0) is 11.9. The van der Waals surface area contributed by atoms with Crippen molar-refractivity contribution in [3.05, 3.63) is 0 Å². The minimum absolute atomic E-state index is 0.144. The Morgan fingerprint density at radius 3 is 2.00 bits per heavy atom. The van der Waals surface area contributed by atoms with Gasteiger partial charge in [0.05, 0.1) is 6.07 Å². The topological polar surface area (TPSA) is 44.1 Å². The highest BCUT2D eigenvalue weighted by Crippen LogP contribution is 2.43. The second-order valence-corrected chi connectivity index (χ2v) is 6.14. The lowest BCUT2D eigenvalue weighted by Gasteiger charge is -2.38. The van der Waals surface area contributed by atoms with Gasteiger partial charge in [0.2, 0.25) is 5.91 Å². The fourth-order valence-corrected chi connectivity index (χ4v) is 2.67. The van der Waals surface area contributed by atoms with Crippen LogP contribution in [0.1, 0.15) is 44.9 Å². The summed E-state index contributed by atoms with van der Waals surface area (Å²) >= 11 is 0. The van der Waals surface area contributed by atoms with E-state index in [4.69, 9.17) is 0 Å². The molecule has 3 aliphatic carbocycles. The summed E-state index contributed by atoms with van der Waals surface area (Å²) in [6.45, 7) is 1.83. The van der Waals surface area contributed by atoms with Crippen molar-refractivity contribution in [1.29, 1.82) is 5.26 Å². The van der Waals surface area contributed by atoms with Crippen LogP contribution < -0.4 is 0 Å². The van der Waals surface area contributed by atoms with Gasteiger partial charge in [-0.15, -0.1) is 0 Å². The minimum Gasteiger partial charge on any atom is -0.341 e. The fraction of sp³-hybridized carbons (Fsp3) is 0.857. The van der Waals surface area contributed by atoms with E-state index in [0.29, 0.717) is 0 Å². The Hall–Kier alpha value is -1.04. The summed E-state index contributed by atoms with van der Waals surface area (Å²) in [5.74, 6) is 1.60. The Morgan fingerprint density at radius 1 is 1.18 bits per heavy atom. The van der Waals surface area contributed by atoms with Gasteiger partial charge in [0.1, 0.15) is 5.41 Å². The molecule has 0 N–H and O–H groups in total. The molecular weight excluding hydrogens is 212 g/mol. The average Bonchev–Trinajstić information content (AvgIpc) is 3.10. The number of rotatable bonds is 5.